The number of rotatable bonds is 4. The minimum absolute atomic E-state index is 0.182. The third-order valence-corrected chi connectivity index (χ3v) is 7.87. The molecule has 3 atom stereocenters. The molecule has 1 spiro atoms. The third kappa shape index (κ3) is 3.10. The number of amides is 2. The first kappa shape index (κ1) is 23.6. The fraction of sp³-hybridized carbons (Fsp3) is 0.214. The molecule has 2 saturated heterocycles. The number of nitrogens with zero attached hydrogens (tertiary/aromatic N) is 1. The fourth-order valence-corrected chi connectivity index (χ4v) is 5.96. The van der Waals surface area contributed by atoms with Crippen LogP contribution in [-0.4, -0.2) is 43.2 Å². The molecule has 0 radical (unpaired) electrons. The first-order chi connectivity index (χ1) is 17.8. The van der Waals surface area contributed by atoms with Crippen LogP contribution in [0.2, 0.25) is 0 Å². The summed E-state index contributed by atoms with van der Waals surface area (Å²) >= 11 is 3.36. The maximum atomic E-state index is 14.0. The Morgan fingerprint density at radius 1 is 0.811 bits per heavy atom. The first-order valence-electron chi connectivity index (χ1n) is 11.5. The highest BCUT2D eigenvalue weighted by atomic mass is 79.9. The molecule has 2 fully saturated rings. The van der Waals surface area contributed by atoms with Gasteiger partial charge in [0.25, 0.3) is 0 Å². The van der Waals surface area contributed by atoms with E-state index in [1.807, 2.05) is 0 Å². The van der Waals surface area contributed by atoms with Crippen LogP contribution in [-0.2, 0) is 14.3 Å². The van der Waals surface area contributed by atoms with Gasteiger partial charge in [-0.25, -0.2) is 4.90 Å². The van der Waals surface area contributed by atoms with Crippen LogP contribution in [0.1, 0.15) is 32.4 Å². The Kier molecular flexibility index (Phi) is 5.32. The van der Waals surface area contributed by atoms with E-state index >= 15 is 0 Å². The van der Waals surface area contributed by atoms with Crippen molar-refractivity contribution < 1.29 is 33.4 Å². The average molecular weight is 562 g/mol. The summed E-state index contributed by atoms with van der Waals surface area (Å²) in [6.07, 6.45) is -1.05. The Hall–Kier alpha value is -3.82. The Bertz CT molecular complexity index is 1460. The summed E-state index contributed by atoms with van der Waals surface area (Å²) in [7, 11) is 2.97. The van der Waals surface area contributed by atoms with E-state index in [9.17, 15) is 19.2 Å². The lowest BCUT2D eigenvalue weighted by Crippen LogP contribution is -2.51. The van der Waals surface area contributed by atoms with Crippen LogP contribution in [0.5, 0.6) is 11.5 Å². The lowest BCUT2D eigenvalue weighted by atomic mass is 9.77. The van der Waals surface area contributed by atoms with E-state index in [0.717, 1.165) is 9.37 Å². The second kappa shape index (κ2) is 8.36. The van der Waals surface area contributed by atoms with Gasteiger partial charge in [-0.15, -0.1) is 0 Å². The normalized spacial score (nSPS) is 23.5. The van der Waals surface area contributed by atoms with Gasteiger partial charge in [0.2, 0.25) is 29.0 Å². The van der Waals surface area contributed by atoms with Crippen molar-refractivity contribution in [2.75, 3.05) is 19.1 Å². The lowest BCUT2D eigenvalue weighted by Gasteiger charge is -2.27. The van der Waals surface area contributed by atoms with Crippen LogP contribution in [0.15, 0.2) is 71.2 Å². The number of ether oxygens (including phenoxy) is 3. The van der Waals surface area contributed by atoms with Gasteiger partial charge in [0.15, 0.2) is 11.5 Å². The van der Waals surface area contributed by atoms with Crippen molar-refractivity contribution in [1.82, 2.24) is 0 Å². The maximum absolute atomic E-state index is 14.0. The zero-order chi connectivity index (χ0) is 26.1. The van der Waals surface area contributed by atoms with Crippen LogP contribution in [0.4, 0.5) is 5.69 Å². The number of hydrogen-bond donors (Lipinski definition) is 0. The molecule has 1 aliphatic carbocycles. The summed E-state index contributed by atoms with van der Waals surface area (Å²) in [5.74, 6) is -3.98. The monoisotopic (exact) mass is 561 g/mol. The Balaban J connectivity index is 1.54. The quantitative estimate of drug-likeness (QED) is 0.348. The maximum Gasteiger partial charge on any atom is 0.241 e. The number of imide groups is 1. The van der Waals surface area contributed by atoms with Gasteiger partial charge < -0.3 is 14.2 Å². The minimum atomic E-state index is -2.14. The number of carbonyl (C=O) groups excluding carboxylic acids is 4. The molecule has 186 valence electrons. The summed E-state index contributed by atoms with van der Waals surface area (Å²) in [6, 6.07) is 18.0. The molecule has 9 heteroatoms. The minimum Gasteiger partial charge on any atom is -0.493 e. The summed E-state index contributed by atoms with van der Waals surface area (Å²) in [6.45, 7) is 0. The van der Waals surface area contributed by atoms with Crippen LogP contribution < -0.4 is 14.4 Å². The van der Waals surface area contributed by atoms with Crippen molar-refractivity contribution in [3.05, 3.63) is 87.9 Å². The SMILES string of the molecule is COc1ccc([C@@H]2OC3(C(=O)c4ccccc4C3=O)[C@@H]3C(=O)N(c4ccc(Br)cc4)C(=O)[C@@H]32)cc1OC. The number of ketones is 2. The lowest BCUT2D eigenvalue weighted by molar-refractivity contribution is -0.127. The molecule has 6 rings (SSSR count). The zero-order valence-corrected chi connectivity index (χ0v) is 21.4. The molecule has 0 aromatic heterocycles. The van der Waals surface area contributed by atoms with E-state index in [4.69, 9.17) is 14.2 Å². The standard InChI is InChI=1S/C28H20BrNO7/c1-35-19-12-7-14(13-20(19)36-2)23-21-22(27(34)30(26(21)33)16-10-8-15(29)9-11-16)28(37-23)24(31)17-5-3-4-6-18(17)25(28)32/h3-13,21-23H,1-2H3/t21-,22-,23-/m0/s1. The average Bonchev–Trinajstić information content (AvgIpc) is 3.49. The molecule has 2 amide bonds. The van der Waals surface area contributed by atoms with E-state index in [2.05, 4.69) is 15.9 Å². The number of benzene rings is 3. The topological polar surface area (TPSA) is 99.2 Å². The van der Waals surface area contributed by atoms with Crippen molar-refractivity contribution in [3.63, 3.8) is 0 Å². The van der Waals surface area contributed by atoms with E-state index in [1.54, 1.807) is 66.7 Å². The van der Waals surface area contributed by atoms with E-state index in [0.29, 0.717) is 22.7 Å². The first-order valence-corrected chi connectivity index (χ1v) is 12.3. The van der Waals surface area contributed by atoms with E-state index in [1.165, 1.54) is 14.2 Å². The highest BCUT2D eigenvalue weighted by Gasteiger charge is 2.74. The van der Waals surface area contributed by atoms with Gasteiger partial charge in [-0.1, -0.05) is 46.3 Å². The largest absolute Gasteiger partial charge is 0.493 e. The van der Waals surface area contributed by atoms with Gasteiger partial charge in [0, 0.05) is 15.6 Å². The highest BCUT2D eigenvalue weighted by molar-refractivity contribution is 9.10. The molecule has 2 aliphatic heterocycles. The number of methoxy groups -OCH3 is 2. The number of fused-ring (bicyclic) bond motifs is 3. The molecule has 2 heterocycles. The van der Waals surface area contributed by atoms with Gasteiger partial charge in [-0.05, 0) is 42.0 Å². The van der Waals surface area contributed by atoms with Crippen LogP contribution >= 0.6 is 15.9 Å². The van der Waals surface area contributed by atoms with Crippen molar-refractivity contribution >= 4 is 45.0 Å². The summed E-state index contributed by atoms with van der Waals surface area (Å²) in [4.78, 5) is 56.6. The third-order valence-electron chi connectivity index (χ3n) is 7.34. The van der Waals surface area contributed by atoms with Gasteiger partial charge in [0.1, 0.15) is 0 Å². The van der Waals surface area contributed by atoms with Crippen LogP contribution in [0, 0.1) is 11.8 Å². The molecule has 3 aromatic rings. The van der Waals surface area contributed by atoms with Crippen molar-refractivity contribution in [3.8, 4) is 11.5 Å². The Labute approximate surface area is 220 Å². The Morgan fingerprint density at radius 2 is 1.43 bits per heavy atom. The number of Topliss-reactive ketones (excluding diaryl/α,β-unsaturated/α-hetero) is 2. The molecular weight excluding hydrogens is 542 g/mol. The zero-order valence-electron chi connectivity index (χ0n) is 19.8. The molecule has 0 saturated carbocycles. The number of halogens is 1. The highest BCUT2D eigenvalue weighted by Crippen LogP contribution is 2.58. The molecule has 37 heavy (non-hydrogen) atoms. The molecule has 8 nitrogen and oxygen atoms in total. The smallest absolute Gasteiger partial charge is 0.241 e. The predicted octanol–water partition coefficient (Wildman–Crippen LogP) is 4.16. The molecule has 3 aromatic carbocycles. The van der Waals surface area contributed by atoms with Crippen LogP contribution in [0.25, 0.3) is 0 Å². The summed E-state index contributed by atoms with van der Waals surface area (Å²) in [5.41, 5.74) is -0.935. The van der Waals surface area contributed by atoms with Gasteiger partial charge >= 0.3 is 0 Å². The van der Waals surface area contributed by atoms with Crippen LogP contribution in [0.3, 0.4) is 0 Å². The van der Waals surface area contributed by atoms with E-state index in [-0.39, 0.29) is 11.1 Å². The van der Waals surface area contributed by atoms with E-state index < -0.39 is 46.9 Å². The molecule has 0 N–H and O–H groups in total. The molecule has 0 unspecified atom stereocenters. The van der Waals surface area contributed by atoms with Gasteiger partial charge in [-0.2, -0.15) is 0 Å². The molecule has 3 aliphatic rings. The van der Waals surface area contributed by atoms with Gasteiger partial charge in [0.05, 0.1) is 37.8 Å². The second-order valence-corrected chi connectivity index (χ2v) is 10.00. The fourth-order valence-electron chi connectivity index (χ4n) is 5.69. The number of carbonyl (C=O) groups is 4. The van der Waals surface area contributed by atoms with Crippen molar-refractivity contribution in [2.45, 2.75) is 11.7 Å². The number of hydrogen-bond acceptors (Lipinski definition) is 7. The second-order valence-electron chi connectivity index (χ2n) is 9.08. The van der Waals surface area contributed by atoms with Crippen molar-refractivity contribution in [1.29, 1.82) is 0 Å². The Morgan fingerprint density at radius 3 is 2.03 bits per heavy atom. The molecular formula is C28H20BrNO7. The van der Waals surface area contributed by atoms with Crippen molar-refractivity contribution in [2.24, 2.45) is 11.8 Å². The summed E-state index contributed by atoms with van der Waals surface area (Å²) in [5, 5.41) is 0. The molecule has 0 bridgehead atoms. The van der Waals surface area contributed by atoms with Gasteiger partial charge in [-0.3, -0.25) is 19.2 Å². The predicted molar refractivity (Wildman–Crippen MR) is 135 cm³/mol. The summed E-state index contributed by atoms with van der Waals surface area (Å²) < 4.78 is 17.8. The number of anilines is 1.